The van der Waals surface area contributed by atoms with Crippen molar-refractivity contribution in [1.82, 2.24) is 19.7 Å². The predicted octanol–water partition coefficient (Wildman–Crippen LogP) is 3.06. The van der Waals surface area contributed by atoms with Crippen LogP contribution in [0.1, 0.15) is 28.8 Å². The number of amides is 1. The van der Waals surface area contributed by atoms with E-state index in [1.54, 1.807) is 17.1 Å². The Hall–Kier alpha value is -2.69. The standard InChI is InChI=1S/C20H22N4O/c1-23-14-18(12-22-23)20(25)24-9-3-4-16(13-24)10-15-6-7-19-17(11-15)5-2-8-21-19/h2,5-8,11-12,14,16H,3-4,9-10,13H2,1H3/t16-/m1/s1. The Morgan fingerprint density at radius 1 is 1.32 bits per heavy atom. The molecule has 5 heteroatoms. The summed E-state index contributed by atoms with van der Waals surface area (Å²) >= 11 is 0. The van der Waals surface area contributed by atoms with Gasteiger partial charge in [-0.3, -0.25) is 14.5 Å². The molecule has 25 heavy (non-hydrogen) atoms. The van der Waals surface area contributed by atoms with E-state index in [-0.39, 0.29) is 5.91 Å². The number of piperidine rings is 1. The zero-order valence-electron chi connectivity index (χ0n) is 14.4. The van der Waals surface area contributed by atoms with E-state index >= 15 is 0 Å². The molecule has 0 spiro atoms. The maximum absolute atomic E-state index is 12.7. The Labute approximate surface area is 147 Å². The van der Waals surface area contributed by atoms with E-state index in [1.165, 1.54) is 17.4 Å². The number of pyridine rings is 1. The first-order chi connectivity index (χ1) is 12.2. The van der Waals surface area contributed by atoms with Crippen LogP contribution in [0.15, 0.2) is 48.9 Å². The van der Waals surface area contributed by atoms with Crippen LogP contribution in [-0.2, 0) is 13.5 Å². The van der Waals surface area contributed by atoms with Gasteiger partial charge in [-0.05, 0) is 48.9 Å². The Morgan fingerprint density at radius 3 is 3.08 bits per heavy atom. The lowest BCUT2D eigenvalue weighted by Crippen LogP contribution is -2.40. The molecule has 1 atom stereocenters. The van der Waals surface area contributed by atoms with Crippen LogP contribution < -0.4 is 0 Å². The van der Waals surface area contributed by atoms with E-state index in [1.807, 2.05) is 24.2 Å². The number of hydrogen-bond donors (Lipinski definition) is 0. The van der Waals surface area contributed by atoms with Crippen molar-refractivity contribution in [3.05, 3.63) is 60.0 Å². The van der Waals surface area contributed by atoms with Gasteiger partial charge in [0.2, 0.25) is 0 Å². The van der Waals surface area contributed by atoms with E-state index in [0.29, 0.717) is 11.5 Å². The fourth-order valence-corrected chi connectivity index (χ4v) is 3.72. The van der Waals surface area contributed by atoms with Crippen molar-refractivity contribution >= 4 is 16.8 Å². The number of carbonyl (C=O) groups excluding carboxylic acids is 1. The van der Waals surface area contributed by atoms with E-state index in [9.17, 15) is 4.79 Å². The molecule has 0 N–H and O–H groups in total. The molecule has 3 heterocycles. The second-order valence-corrected chi connectivity index (χ2v) is 6.90. The Bertz CT molecular complexity index is 901. The van der Waals surface area contributed by atoms with Crippen LogP contribution in [0.5, 0.6) is 0 Å². The number of carbonyl (C=O) groups is 1. The summed E-state index contributed by atoms with van der Waals surface area (Å²) < 4.78 is 1.68. The molecule has 2 aromatic heterocycles. The first-order valence-electron chi connectivity index (χ1n) is 8.80. The summed E-state index contributed by atoms with van der Waals surface area (Å²) in [7, 11) is 1.84. The Morgan fingerprint density at radius 2 is 2.24 bits per heavy atom. The summed E-state index contributed by atoms with van der Waals surface area (Å²) in [5.74, 6) is 0.601. The molecule has 0 radical (unpaired) electrons. The van der Waals surface area contributed by atoms with Gasteiger partial charge in [0.05, 0.1) is 17.3 Å². The van der Waals surface area contributed by atoms with Crippen LogP contribution in [-0.4, -0.2) is 38.7 Å². The third-order valence-electron chi connectivity index (χ3n) is 4.95. The second kappa shape index (κ2) is 6.67. The minimum Gasteiger partial charge on any atom is -0.338 e. The number of rotatable bonds is 3. The molecule has 1 amide bonds. The van der Waals surface area contributed by atoms with Crippen LogP contribution in [0.25, 0.3) is 10.9 Å². The highest BCUT2D eigenvalue weighted by molar-refractivity contribution is 5.93. The maximum Gasteiger partial charge on any atom is 0.257 e. The van der Waals surface area contributed by atoms with E-state index in [0.717, 1.165) is 31.4 Å². The molecule has 5 nitrogen and oxygen atoms in total. The number of aromatic nitrogens is 3. The number of benzene rings is 1. The van der Waals surface area contributed by atoms with Gasteiger partial charge in [0.15, 0.2) is 0 Å². The largest absolute Gasteiger partial charge is 0.338 e. The molecular formula is C20H22N4O. The van der Waals surface area contributed by atoms with Gasteiger partial charge in [0.25, 0.3) is 5.91 Å². The van der Waals surface area contributed by atoms with Gasteiger partial charge in [-0.15, -0.1) is 0 Å². The quantitative estimate of drug-likeness (QED) is 0.740. The summed E-state index contributed by atoms with van der Waals surface area (Å²) in [6.07, 6.45) is 8.50. The van der Waals surface area contributed by atoms with Crippen LogP contribution in [0, 0.1) is 5.92 Å². The van der Waals surface area contributed by atoms with Crippen molar-refractivity contribution in [2.45, 2.75) is 19.3 Å². The molecule has 0 saturated carbocycles. The van der Waals surface area contributed by atoms with Gasteiger partial charge in [-0.25, -0.2) is 0 Å². The molecular weight excluding hydrogens is 312 g/mol. The smallest absolute Gasteiger partial charge is 0.257 e. The lowest BCUT2D eigenvalue weighted by atomic mass is 9.90. The zero-order chi connectivity index (χ0) is 17.2. The van der Waals surface area contributed by atoms with Crippen molar-refractivity contribution in [3.63, 3.8) is 0 Å². The minimum atomic E-state index is 0.0977. The number of hydrogen-bond acceptors (Lipinski definition) is 3. The summed E-state index contributed by atoms with van der Waals surface area (Å²) in [6, 6.07) is 10.6. The lowest BCUT2D eigenvalue weighted by molar-refractivity contribution is 0.0673. The molecule has 1 aliphatic rings. The molecule has 0 unspecified atom stereocenters. The predicted molar refractivity (Wildman–Crippen MR) is 97.3 cm³/mol. The molecule has 1 fully saturated rings. The topological polar surface area (TPSA) is 51.0 Å². The average molecular weight is 334 g/mol. The van der Waals surface area contributed by atoms with Crippen molar-refractivity contribution in [1.29, 1.82) is 0 Å². The molecule has 4 rings (SSSR count). The molecule has 128 valence electrons. The summed E-state index contributed by atoms with van der Waals surface area (Å²) in [5, 5.41) is 5.29. The van der Waals surface area contributed by atoms with Crippen LogP contribution >= 0.6 is 0 Å². The zero-order valence-corrected chi connectivity index (χ0v) is 14.4. The van der Waals surface area contributed by atoms with Crippen molar-refractivity contribution in [2.24, 2.45) is 13.0 Å². The van der Waals surface area contributed by atoms with Crippen molar-refractivity contribution < 1.29 is 4.79 Å². The average Bonchev–Trinajstić information content (AvgIpc) is 3.07. The maximum atomic E-state index is 12.7. The molecule has 3 aromatic rings. The van der Waals surface area contributed by atoms with Crippen molar-refractivity contribution in [3.8, 4) is 0 Å². The summed E-state index contributed by atoms with van der Waals surface area (Å²) in [4.78, 5) is 19.0. The van der Waals surface area contributed by atoms with E-state index in [4.69, 9.17) is 0 Å². The van der Waals surface area contributed by atoms with Crippen LogP contribution in [0.2, 0.25) is 0 Å². The third kappa shape index (κ3) is 3.40. The first kappa shape index (κ1) is 15.8. The number of nitrogens with zero attached hydrogens (tertiary/aromatic N) is 4. The van der Waals surface area contributed by atoms with Gasteiger partial charge in [-0.1, -0.05) is 12.1 Å². The van der Waals surface area contributed by atoms with E-state index in [2.05, 4.69) is 34.3 Å². The minimum absolute atomic E-state index is 0.0977. The highest BCUT2D eigenvalue weighted by Gasteiger charge is 2.25. The SMILES string of the molecule is Cn1cc(C(=O)N2CCC[C@H](Cc3ccc4ncccc4c3)C2)cn1. The molecule has 1 saturated heterocycles. The van der Waals surface area contributed by atoms with Gasteiger partial charge >= 0.3 is 0 Å². The van der Waals surface area contributed by atoms with Gasteiger partial charge in [0, 0.05) is 37.9 Å². The van der Waals surface area contributed by atoms with Gasteiger partial charge in [0.1, 0.15) is 0 Å². The number of likely N-dealkylation sites (tertiary alicyclic amines) is 1. The number of fused-ring (bicyclic) bond motifs is 1. The fourth-order valence-electron chi connectivity index (χ4n) is 3.72. The highest BCUT2D eigenvalue weighted by Crippen LogP contribution is 2.24. The van der Waals surface area contributed by atoms with E-state index < -0.39 is 0 Å². The molecule has 1 aromatic carbocycles. The first-order valence-corrected chi connectivity index (χ1v) is 8.80. The van der Waals surface area contributed by atoms with Gasteiger partial charge in [-0.2, -0.15) is 5.10 Å². The third-order valence-corrected chi connectivity index (χ3v) is 4.95. The van der Waals surface area contributed by atoms with Gasteiger partial charge < -0.3 is 4.90 Å². The molecule has 1 aliphatic heterocycles. The summed E-state index contributed by atoms with van der Waals surface area (Å²) in [5.41, 5.74) is 3.03. The van der Waals surface area contributed by atoms with Crippen molar-refractivity contribution in [2.75, 3.05) is 13.1 Å². The summed E-state index contributed by atoms with van der Waals surface area (Å²) in [6.45, 7) is 1.66. The normalized spacial score (nSPS) is 17.8. The molecule has 0 bridgehead atoms. The Kier molecular flexibility index (Phi) is 4.22. The van der Waals surface area contributed by atoms with Crippen LogP contribution in [0.4, 0.5) is 0 Å². The number of aryl methyl sites for hydroxylation is 1. The Balaban J connectivity index is 1.46. The lowest BCUT2D eigenvalue weighted by Gasteiger charge is -2.32. The fraction of sp³-hybridized carbons (Fsp3) is 0.350. The second-order valence-electron chi connectivity index (χ2n) is 6.90. The molecule has 0 aliphatic carbocycles. The monoisotopic (exact) mass is 334 g/mol. The van der Waals surface area contributed by atoms with Crippen LogP contribution in [0.3, 0.4) is 0 Å². The highest BCUT2D eigenvalue weighted by atomic mass is 16.2.